The number of rotatable bonds is 0. The minimum atomic E-state index is 1.25. The van der Waals surface area contributed by atoms with E-state index in [2.05, 4.69) is 279 Å². The highest BCUT2D eigenvalue weighted by atomic mass is 14.2. The van der Waals surface area contributed by atoms with Crippen LogP contribution >= 0.6 is 0 Å². The molecule has 0 unspecified atom stereocenters. The van der Waals surface area contributed by atoms with E-state index in [4.69, 9.17) is 0 Å². The standard InChI is InChI=1S/5C17H14.C13H12/c1-2-7-16-12(4-1)8-9-15-10-13-5-3-6-14(13)11-17(15)16;1-2-6-15-12(4-1)8-10-14-11-9-13-5-3-7-16(13)17(14)15;1-2-6-14-12(4-1)8-10-17-15-7-3-5-13(15)9-11-16(14)17;1-2-5-13-9-17-11-15-7-3-6-14(15)10-16(17)8-12(13)4-1;1-2-5-14-11-17-15(10-13(14)4-1)9-8-12-6-3-7-16(12)17;1-2-6-12-10(4-1)8-9-11-5-3-7-13(11)12/h1-2,4,7-11H,3,5-6H2;2*1-2,4,6,8-11H,3,5,7H2;2*1-2,4-5,8-11H,3,6-7H2;1-2,4,6,8-9H,3,5,7H2. The smallest absolute Gasteiger partial charge is 0.00706 e. The normalized spacial score (nSPS) is 14.4. The lowest BCUT2D eigenvalue weighted by atomic mass is 9.95. The van der Waals surface area contributed by atoms with E-state index in [9.17, 15) is 0 Å². The fourth-order valence-corrected chi connectivity index (χ4v) is 17.9. The van der Waals surface area contributed by atoms with Crippen LogP contribution in [0.4, 0.5) is 0 Å². The third kappa shape index (κ3) is 11.5. The molecule has 6 aliphatic rings. The molecule has 0 fully saturated rings. The van der Waals surface area contributed by atoms with Crippen molar-refractivity contribution >= 4 is 118 Å². The van der Waals surface area contributed by atoms with Gasteiger partial charge in [-0.3, -0.25) is 0 Å². The van der Waals surface area contributed by atoms with Gasteiger partial charge in [0.2, 0.25) is 0 Å². The summed E-state index contributed by atoms with van der Waals surface area (Å²) in [5.74, 6) is 0. The van der Waals surface area contributed by atoms with Crippen LogP contribution in [0.25, 0.3) is 118 Å². The summed E-state index contributed by atoms with van der Waals surface area (Å²) in [7, 11) is 0. The van der Waals surface area contributed by atoms with Gasteiger partial charge in [0.1, 0.15) is 0 Å². The van der Waals surface area contributed by atoms with Crippen LogP contribution in [0, 0.1) is 0 Å². The Morgan fingerprint density at radius 3 is 1.01 bits per heavy atom. The van der Waals surface area contributed by atoms with E-state index in [-0.39, 0.29) is 0 Å². The van der Waals surface area contributed by atoms with Gasteiger partial charge < -0.3 is 0 Å². The third-order valence-corrected chi connectivity index (χ3v) is 22.8. The predicted molar refractivity (Wildman–Crippen MR) is 423 cm³/mol. The first-order valence-corrected chi connectivity index (χ1v) is 36.7. The number of hydrogen-bond acceptors (Lipinski definition) is 0. The average Bonchev–Trinajstić information content (AvgIpc) is 1.40. The molecule has 0 atom stereocenters. The lowest BCUT2D eigenvalue weighted by Crippen LogP contribution is -1.86. The van der Waals surface area contributed by atoms with E-state index < -0.39 is 0 Å². The van der Waals surface area contributed by atoms with Crippen LogP contribution in [-0.2, 0) is 77.0 Å². The maximum atomic E-state index is 2.42. The molecule has 98 heavy (non-hydrogen) atoms. The maximum Gasteiger partial charge on any atom is -0.00706 e. The molecule has 0 heterocycles. The Bertz CT molecular complexity index is 5760. The van der Waals surface area contributed by atoms with Crippen LogP contribution in [-0.4, -0.2) is 0 Å². The molecule has 474 valence electrons. The molecule has 0 nitrogen and oxygen atoms in total. The molecule has 0 bridgehead atoms. The summed E-state index contributed by atoms with van der Waals surface area (Å²) < 4.78 is 0. The zero-order chi connectivity index (χ0) is 64.9. The van der Waals surface area contributed by atoms with Crippen molar-refractivity contribution in [2.45, 2.75) is 116 Å². The molecule has 0 aliphatic heterocycles. The Kier molecular flexibility index (Phi) is 16.1. The van der Waals surface area contributed by atoms with Crippen molar-refractivity contribution in [3.8, 4) is 0 Å². The molecule has 0 N–H and O–H groups in total. The highest BCUT2D eigenvalue weighted by Crippen LogP contribution is 2.39. The van der Waals surface area contributed by atoms with Crippen LogP contribution in [0.2, 0.25) is 0 Å². The molecular formula is C98H82. The highest BCUT2D eigenvalue weighted by molar-refractivity contribution is 6.11. The molecule has 17 aromatic carbocycles. The Labute approximate surface area is 576 Å². The van der Waals surface area contributed by atoms with Gasteiger partial charge in [-0.1, -0.05) is 255 Å². The zero-order valence-electron chi connectivity index (χ0n) is 56.3. The molecular weight excluding hydrogens is 1180 g/mol. The van der Waals surface area contributed by atoms with Gasteiger partial charge in [-0.2, -0.15) is 0 Å². The minimum Gasteiger partial charge on any atom is -0.0616 e. The Hall–Kier alpha value is -10.4. The number of hydrogen-bond donors (Lipinski definition) is 0. The second-order valence-electron chi connectivity index (χ2n) is 28.6. The second-order valence-corrected chi connectivity index (χ2v) is 28.6. The monoisotopic (exact) mass is 1260 g/mol. The van der Waals surface area contributed by atoms with Gasteiger partial charge in [-0.15, -0.1) is 0 Å². The van der Waals surface area contributed by atoms with Gasteiger partial charge in [-0.05, 0) is 325 Å². The van der Waals surface area contributed by atoms with E-state index in [1.807, 2.05) is 0 Å². The molecule has 0 aromatic heterocycles. The quantitative estimate of drug-likeness (QED) is 0.105. The Morgan fingerprint density at radius 2 is 0.439 bits per heavy atom. The summed E-state index contributed by atoms with van der Waals surface area (Å²) in [5, 5.41) is 30.8. The molecule has 0 amide bonds. The van der Waals surface area contributed by atoms with Gasteiger partial charge in [0.25, 0.3) is 0 Å². The Balaban J connectivity index is 0.0000000854. The SMILES string of the molecule is c1ccc2c(c1)ccc1c3c(ccc12)CCC3.c1ccc2c(c1)ccc1cc3c(cc12)CCC3.c1ccc2c(c1)ccc1ccc3c(c12)CCC3.c1ccc2c3c(ccc2c1)CCC3.c1ccc2cc3c4c(ccc3cc2c1)CCC4.c1ccc2cc3cc4c(cc3cc2c1)CCC4. The average molecular weight is 1260 g/mol. The summed E-state index contributed by atoms with van der Waals surface area (Å²) in [6, 6.07) is 103. The van der Waals surface area contributed by atoms with E-state index in [0.717, 1.165) is 0 Å². The second kappa shape index (κ2) is 26.2. The van der Waals surface area contributed by atoms with E-state index in [1.165, 1.54) is 234 Å². The highest BCUT2D eigenvalue weighted by Gasteiger charge is 2.20. The molecule has 0 saturated carbocycles. The first-order valence-electron chi connectivity index (χ1n) is 36.7. The van der Waals surface area contributed by atoms with Crippen molar-refractivity contribution in [2.24, 2.45) is 0 Å². The van der Waals surface area contributed by atoms with Gasteiger partial charge in [0.05, 0.1) is 0 Å². The van der Waals surface area contributed by atoms with Crippen molar-refractivity contribution in [1.29, 1.82) is 0 Å². The van der Waals surface area contributed by atoms with Gasteiger partial charge >= 0.3 is 0 Å². The molecule has 0 spiro atoms. The van der Waals surface area contributed by atoms with E-state index >= 15 is 0 Å². The minimum absolute atomic E-state index is 1.25. The van der Waals surface area contributed by atoms with Gasteiger partial charge in [-0.25, -0.2) is 0 Å². The summed E-state index contributed by atoms with van der Waals surface area (Å²) >= 11 is 0. The molecule has 17 aromatic rings. The zero-order valence-corrected chi connectivity index (χ0v) is 56.3. The molecule has 0 radical (unpaired) electrons. The summed E-state index contributed by atoms with van der Waals surface area (Å²) in [5.41, 5.74) is 18.9. The summed E-state index contributed by atoms with van der Waals surface area (Å²) in [6.45, 7) is 0. The van der Waals surface area contributed by atoms with Crippen molar-refractivity contribution in [3.63, 3.8) is 0 Å². The van der Waals surface area contributed by atoms with E-state index in [0.29, 0.717) is 0 Å². The van der Waals surface area contributed by atoms with Crippen molar-refractivity contribution in [1.82, 2.24) is 0 Å². The first kappa shape index (κ1) is 60.0. The first-order chi connectivity index (χ1) is 48.5. The van der Waals surface area contributed by atoms with Crippen LogP contribution in [0.15, 0.2) is 279 Å². The van der Waals surface area contributed by atoms with Crippen molar-refractivity contribution in [3.05, 3.63) is 346 Å². The lowest BCUT2D eigenvalue weighted by Gasteiger charge is -2.09. The van der Waals surface area contributed by atoms with E-state index in [1.54, 1.807) is 66.8 Å². The third-order valence-electron chi connectivity index (χ3n) is 22.8. The predicted octanol–water partition coefficient (Wildman–Crippen LogP) is 25.7. The lowest BCUT2D eigenvalue weighted by molar-refractivity contribution is 0.912. The topological polar surface area (TPSA) is 0 Å². The van der Waals surface area contributed by atoms with Crippen LogP contribution in [0.5, 0.6) is 0 Å². The molecule has 0 saturated heterocycles. The number of fused-ring (bicyclic) bond motifs is 24. The summed E-state index contributed by atoms with van der Waals surface area (Å²) in [6.07, 6.45) is 23.1. The summed E-state index contributed by atoms with van der Waals surface area (Å²) in [4.78, 5) is 0. The maximum absolute atomic E-state index is 2.42. The molecule has 6 aliphatic carbocycles. The fraction of sp³-hybridized carbons (Fsp3) is 0.184. The van der Waals surface area contributed by atoms with Crippen LogP contribution in [0.1, 0.15) is 105 Å². The largest absolute Gasteiger partial charge is 0.0616 e. The van der Waals surface area contributed by atoms with Crippen molar-refractivity contribution in [2.75, 3.05) is 0 Å². The van der Waals surface area contributed by atoms with Gasteiger partial charge in [0.15, 0.2) is 0 Å². The molecule has 0 heteroatoms. The number of benzene rings is 17. The molecule has 23 rings (SSSR count). The van der Waals surface area contributed by atoms with Crippen LogP contribution in [0.3, 0.4) is 0 Å². The van der Waals surface area contributed by atoms with Gasteiger partial charge in [0, 0.05) is 0 Å². The number of aryl methyl sites for hydroxylation is 12. The Morgan fingerprint density at radius 1 is 0.133 bits per heavy atom. The van der Waals surface area contributed by atoms with Crippen LogP contribution < -0.4 is 0 Å². The van der Waals surface area contributed by atoms with Crippen molar-refractivity contribution < 1.29 is 0 Å². The fourth-order valence-electron chi connectivity index (χ4n) is 17.9.